The van der Waals surface area contributed by atoms with Gasteiger partial charge in [0.2, 0.25) is 0 Å². The van der Waals surface area contributed by atoms with Crippen LogP contribution < -0.4 is 11.1 Å². The molecule has 2 nitrogen and oxygen atoms in total. The SMILES string of the molecule is CCc1ccc(C(CN)Nc2ccc(C)cc2)cc1. The summed E-state index contributed by atoms with van der Waals surface area (Å²) in [5.74, 6) is 0. The van der Waals surface area contributed by atoms with Crippen molar-refractivity contribution in [2.45, 2.75) is 26.3 Å². The second-order valence-electron chi connectivity index (χ2n) is 4.89. The average Bonchev–Trinajstić information content (AvgIpc) is 2.47. The Morgan fingerprint density at radius 1 is 1.00 bits per heavy atom. The number of nitrogens with one attached hydrogen (secondary N) is 1. The summed E-state index contributed by atoms with van der Waals surface area (Å²) < 4.78 is 0. The predicted octanol–water partition coefficient (Wildman–Crippen LogP) is 3.67. The molecule has 2 aromatic carbocycles. The van der Waals surface area contributed by atoms with Crippen molar-refractivity contribution in [3.8, 4) is 0 Å². The summed E-state index contributed by atoms with van der Waals surface area (Å²) in [6.07, 6.45) is 1.07. The van der Waals surface area contributed by atoms with Gasteiger partial charge < -0.3 is 11.1 Å². The summed E-state index contributed by atoms with van der Waals surface area (Å²) >= 11 is 0. The number of anilines is 1. The van der Waals surface area contributed by atoms with Gasteiger partial charge in [-0.2, -0.15) is 0 Å². The highest BCUT2D eigenvalue weighted by Gasteiger charge is 2.09. The third-order valence-electron chi connectivity index (χ3n) is 3.42. The molecular formula is C17H22N2. The van der Waals surface area contributed by atoms with Crippen LogP contribution in [0.1, 0.15) is 29.7 Å². The topological polar surface area (TPSA) is 38.0 Å². The second kappa shape index (κ2) is 6.39. The zero-order chi connectivity index (χ0) is 13.7. The van der Waals surface area contributed by atoms with Crippen LogP contribution in [0.3, 0.4) is 0 Å². The van der Waals surface area contributed by atoms with Crippen molar-refractivity contribution in [2.24, 2.45) is 5.73 Å². The van der Waals surface area contributed by atoms with Crippen LogP contribution in [0.5, 0.6) is 0 Å². The maximum Gasteiger partial charge on any atom is 0.0636 e. The molecule has 0 amide bonds. The fourth-order valence-corrected chi connectivity index (χ4v) is 2.11. The predicted molar refractivity (Wildman–Crippen MR) is 82.4 cm³/mol. The standard InChI is InChI=1S/C17H22N2/c1-3-14-6-8-15(9-7-14)17(12-18)19-16-10-4-13(2)5-11-16/h4-11,17,19H,3,12,18H2,1-2H3. The van der Waals surface area contributed by atoms with Crippen molar-refractivity contribution in [2.75, 3.05) is 11.9 Å². The smallest absolute Gasteiger partial charge is 0.0636 e. The fraction of sp³-hybridized carbons (Fsp3) is 0.294. The molecule has 0 spiro atoms. The lowest BCUT2D eigenvalue weighted by molar-refractivity contribution is 0.789. The number of nitrogens with two attached hydrogens (primary N) is 1. The Hall–Kier alpha value is -1.80. The van der Waals surface area contributed by atoms with Gasteiger partial charge in [-0.05, 0) is 36.6 Å². The highest BCUT2D eigenvalue weighted by molar-refractivity contribution is 5.47. The first-order valence-electron chi connectivity index (χ1n) is 6.85. The molecule has 0 aromatic heterocycles. The van der Waals surface area contributed by atoms with Crippen LogP contribution in [-0.4, -0.2) is 6.54 Å². The van der Waals surface area contributed by atoms with E-state index >= 15 is 0 Å². The van der Waals surface area contributed by atoms with E-state index in [2.05, 4.69) is 67.7 Å². The Kier molecular flexibility index (Phi) is 4.58. The maximum atomic E-state index is 5.89. The number of hydrogen-bond donors (Lipinski definition) is 2. The zero-order valence-electron chi connectivity index (χ0n) is 11.7. The molecule has 1 unspecified atom stereocenters. The monoisotopic (exact) mass is 254 g/mol. The molecular weight excluding hydrogens is 232 g/mol. The van der Waals surface area contributed by atoms with E-state index in [1.54, 1.807) is 0 Å². The molecule has 0 saturated carbocycles. The van der Waals surface area contributed by atoms with Gasteiger partial charge in [0.05, 0.1) is 6.04 Å². The van der Waals surface area contributed by atoms with Crippen LogP contribution in [0.4, 0.5) is 5.69 Å². The molecule has 0 aliphatic rings. The molecule has 0 radical (unpaired) electrons. The molecule has 2 aromatic rings. The summed E-state index contributed by atoms with van der Waals surface area (Å²) in [5.41, 5.74) is 10.9. The third-order valence-corrected chi connectivity index (χ3v) is 3.42. The second-order valence-corrected chi connectivity index (χ2v) is 4.89. The normalized spacial score (nSPS) is 12.2. The summed E-state index contributed by atoms with van der Waals surface area (Å²) in [6, 6.07) is 17.2. The van der Waals surface area contributed by atoms with Gasteiger partial charge >= 0.3 is 0 Å². The molecule has 0 saturated heterocycles. The minimum atomic E-state index is 0.161. The van der Waals surface area contributed by atoms with E-state index in [0.29, 0.717) is 6.54 Å². The van der Waals surface area contributed by atoms with Gasteiger partial charge in [0, 0.05) is 12.2 Å². The Morgan fingerprint density at radius 3 is 2.16 bits per heavy atom. The van der Waals surface area contributed by atoms with Crippen molar-refractivity contribution >= 4 is 5.69 Å². The van der Waals surface area contributed by atoms with Crippen LogP contribution in [0, 0.1) is 6.92 Å². The molecule has 0 heterocycles. The Balaban J connectivity index is 2.12. The lowest BCUT2D eigenvalue weighted by Gasteiger charge is -2.19. The summed E-state index contributed by atoms with van der Waals surface area (Å²) in [7, 11) is 0. The summed E-state index contributed by atoms with van der Waals surface area (Å²) in [5, 5.41) is 3.48. The van der Waals surface area contributed by atoms with Gasteiger partial charge in [0.15, 0.2) is 0 Å². The van der Waals surface area contributed by atoms with Crippen LogP contribution >= 0.6 is 0 Å². The summed E-state index contributed by atoms with van der Waals surface area (Å²) in [6.45, 7) is 4.84. The highest BCUT2D eigenvalue weighted by Crippen LogP contribution is 2.19. The maximum absolute atomic E-state index is 5.89. The molecule has 2 rings (SSSR count). The van der Waals surface area contributed by atoms with Crippen molar-refractivity contribution < 1.29 is 0 Å². The first kappa shape index (κ1) is 13.6. The molecule has 1 atom stereocenters. The van der Waals surface area contributed by atoms with Gasteiger partial charge in [-0.25, -0.2) is 0 Å². The number of aryl methyl sites for hydroxylation is 2. The fourth-order valence-electron chi connectivity index (χ4n) is 2.11. The summed E-state index contributed by atoms with van der Waals surface area (Å²) in [4.78, 5) is 0. The Bertz CT molecular complexity index is 500. The van der Waals surface area contributed by atoms with Gasteiger partial charge in [0.1, 0.15) is 0 Å². The molecule has 0 aliphatic heterocycles. The molecule has 100 valence electrons. The van der Waals surface area contributed by atoms with Crippen molar-refractivity contribution in [3.05, 3.63) is 65.2 Å². The zero-order valence-corrected chi connectivity index (χ0v) is 11.7. The minimum absolute atomic E-state index is 0.161. The molecule has 0 aliphatic carbocycles. The average molecular weight is 254 g/mol. The van der Waals surface area contributed by atoms with Crippen molar-refractivity contribution in [3.63, 3.8) is 0 Å². The van der Waals surface area contributed by atoms with E-state index < -0.39 is 0 Å². The first-order chi connectivity index (χ1) is 9.22. The molecule has 0 fully saturated rings. The first-order valence-corrected chi connectivity index (χ1v) is 6.85. The largest absolute Gasteiger partial charge is 0.377 e. The van der Waals surface area contributed by atoms with E-state index in [9.17, 15) is 0 Å². The van der Waals surface area contributed by atoms with E-state index in [4.69, 9.17) is 5.73 Å². The van der Waals surface area contributed by atoms with Crippen molar-refractivity contribution in [1.29, 1.82) is 0 Å². The molecule has 19 heavy (non-hydrogen) atoms. The van der Waals surface area contributed by atoms with Gasteiger partial charge in [-0.3, -0.25) is 0 Å². The number of hydrogen-bond acceptors (Lipinski definition) is 2. The van der Waals surface area contributed by atoms with E-state index in [1.807, 2.05) is 0 Å². The molecule has 2 heteroatoms. The number of benzene rings is 2. The van der Waals surface area contributed by atoms with Crippen LogP contribution in [0.25, 0.3) is 0 Å². The Morgan fingerprint density at radius 2 is 1.63 bits per heavy atom. The van der Waals surface area contributed by atoms with Crippen molar-refractivity contribution in [1.82, 2.24) is 0 Å². The highest BCUT2D eigenvalue weighted by atomic mass is 14.9. The van der Waals surface area contributed by atoms with Crippen LogP contribution in [-0.2, 0) is 6.42 Å². The van der Waals surface area contributed by atoms with Gasteiger partial charge in [-0.15, -0.1) is 0 Å². The lowest BCUT2D eigenvalue weighted by Crippen LogP contribution is -2.20. The van der Waals surface area contributed by atoms with Gasteiger partial charge in [0.25, 0.3) is 0 Å². The lowest BCUT2D eigenvalue weighted by atomic mass is 10.0. The van der Waals surface area contributed by atoms with Crippen LogP contribution in [0.2, 0.25) is 0 Å². The Labute approximate surface area is 115 Å². The third kappa shape index (κ3) is 3.58. The molecule has 0 bridgehead atoms. The molecule has 3 N–H and O–H groups in total. The quantitative estimate of drug-likeness (QED) is 0.854. The minimum Gasteiger partial charge on any atom is -0.377 e. The number of rotatable bonds is 5. The van der Waals surface area contributed by atoms with E-state index in [-0.39, 0.29) is 6.04 Å². The van der Waals surface area contributed by atoms with E-state index in [0.717, 1.165) is 12.1 Å². The van der Waals surface area contributed by atoms with Crippen LogP contribution in [0.15, 0.2) is 48.5 Å². The van der Waals surface area contributed by atoms with Gasteiger partial charge in [-0.1, -0.05) is 48.9 Å². The van der Waals surface area contributed by atoms with E-state index in [1.165, 1.54) is 16.7 Å².